The third-order valence-corrected chi connectivity index (χ3v) is 11.2. The second kappa shape index (κ2) is 13.8. The summed E-state index contributed by atoms with van der Waals surface area (Å²) in [5.74, 6) is -0.154. The van der Waals surface area contributed by atoms with E-state index < -0.39 is 38.3 Å². The Hall–Kier alpha value is -2.58. The molecule has 1 aromatic carbocycles. The van der Waals surface area contributed by atoms with Crippen LogP contribution in [-0.2, 0) is 31.3 Å². The van der Waals surface area contributed by atoms with Crippen molar-refractivity contribution in [2.75, 3.05) is 66.0 Å². The number of likely N-dealkylation sites (tertiary alicyclic amines) is 1. The number of aromatic nitrogens is 1. The molecule has 0 bridgehead atoms. The van der Waals surface area contributed by atoms with Crippen molar-refractivity contribution < 1.29 is 31.1 Å². The predicted octanol–water partition coefficient (Wildman–Crippen LogP) is 3.82. The van der Waals surface area contributed by atoms with E-state index in [4.69, 9.17) is 4.74 Å². The number of likely N-dealkylation sites (N-methyl/N-ethyl adjacent to an activating group) is 1. The first-order valence-electron chi connectivity index (χ1n) is 15.4. The molecule has 1 aromatic heterocycles. The third-order valence-electron chi connectivity index (χ3n) is 9.24. The van der Waals surface area contributed by atoms with E-state index in [0.717, 1.165) is 56.8 Å². The van der Waals surface area contributed by atoms with Gasteiger partial charge in [-0.25, -0.2) is 8.42 Å². The maximum atomic E-state index is 13.5. The fraction of sp³-hybridized carbons (Fsp3) is 0.613. The SMILES string of the molecule is CN1CCN(CCOC2(c3cccnc3)CCN(C(=O)CC3CCCCN3S(=O)(=O)c3cccc(C(F)(F)F)c3)CC2)CC1. The van der Waals surface area contributed by atoms with Crippen LogP contribution in [0.2, 0.25) is 0 Å². The number of carbonyl (C=O) groups is 1. The molecule has 3 aliphatic rings. The summed E-state index contributed by atoms with van der Waals surface area (Å²) in [6, 6.07) is 7.11. The molecule has 0 N–H and O–H groups in total. The number of halogens is 3. The van der Waals surface area contributed by atoms with Gasteiger partial charge in [0.15, 0.2) is 0 Å². The Morgan fingerprint density at radius 3 is 2.45 bits per heavy atom. The Bertz CT molecular complexity index is 1360. The van der Waals surface area contributed by atoms with Gasteiger partial charge in [0.2, 0.25) is 15.9 Å². The van der Waals surface area contributed by atoms with E-state index in [1.807, 2.05) is 18.3 Å². The molecule has 9 nitrogen and oxygen atoms in total. The van der Waals surface area contributed by atoms with Crippen molar-refractivity contribution in [3.8, 4) is 0 Å². The molecule has 3 saturated heterocycles. The van der Waals surface area contributed by atoms with E-state index in [2.05, 4.69) is 21.8 Å². The highest BCUT2D eigenvalue weighted by atomic mass is 32.2. The predicted molar refractivity (Wildman–Crippen MR) is 159 cm³/mol. The quantitative estimate of drug-likeness (QED) is 0.414. The summed E-state index contributed by atoms with van der Waals surface area (Å²) in [5.41, 5.74) is -0.600. The van der Waals surface area contributed by atoms with Gasteiger partial charge in [-0.1, -0.05) is 18.6 Å². The molecule has 0 saturated carbocycles. The van der Waals surface area contributed by atoms with Crippen LogP contribution < -0.4 is 0 Å². The second-order valence-electron chi connectivity index (χ2n) is 12.1. The lowest BCUT2D eigenvalue weighted by Gasteiger charge is -2.43. The normalized spacial score (nSPS) is 22.6. The van der Waals surface area contributed by atoms with Crippen molar-refractivity contribution in [1.29, 1.82) is 0 Å². The van der Waals surface area contributed by atoms with Crippen molar-refractivity contribution >= 4 is 15.9 Å². The molecule has 3 aliphatic heterocycles. The first kappa shape index (κ1) is 32.8. The minimum Gasteiger partial charge on any atom is -0.369 e. The number of alkyl halides is 3. The van der Waals surface area contributed by atoms with E-state index in [9.17, 15) is 26.4 Å². The fourth-order valence-electron chi connectivity index (χ4n) is 6.50. The van der Waals surface area contributed by atoms with Crippen LogP contribution in [-0.4, -0.2) is 110 Å². The van der Waals surface area contributed by atoms with Gasteiger partial charge in [-0.3, -0.25) is 14.7 Å². The van der Waals surface area contributed by atoms with Crippen LogP contribution in [0.5, 0.6) is 0 Å². The first-order chi connectivity index (χ1) is 21.0. The highest BCUT2D eigenvalue weighted by Crippen LogP contribution is 2.38. The van der Waals surface area contributed by atoms with Crippen LogP contribution in [0.1, 0.15) is 49.7 Å². The van der Waals surface area contributed by atoms with Gasteiger partial charge >= 0.3 is 6.18 Å². The minimum atomic E-state index is -4.66. The highest BCUT2D eigenvalue weighted by Gasteiger charge is 2.41. The zero-order valence-corrected chi connectivity index (χ0v) is 26.0. The van der Waals surface area contributed by atoms with Gasteiger partial charge in [0.1, 0.15) is 0 Å². The Balaban J connectivity index is 1.23. The smallest absolute Gasteiger partial charge is 0.369 e. The maximum Gasteiger partial charge on any atom is 0.416 e. The molecule has 1 amide bonds. The van der Waals surface area contributed by atoms with Gasteiger partial charge < -0.3 is 14.5 Å². The van der Waals surface area contributed by atoms with Crippen LogP contribution in [0.15, 0.2) is 53.7 Å². The first-order valence-corrected chi connectivity index (χ1v) is 16.8. The highest BCUT2D eigenvalue weighted by molar-refractivity contribution is 7.89. The summed E-state index contributed by atoms with van der Waals surface area (Å²) in [4.78, 5) is 23.9. The summed E-state index contributed by atoms with van der Waals surface area (Å²) < 4.78 is 74.8. The van der Waals surface area contributed by atoms with Crippen molar-refractivity contribution in [3.05, 3.63) is 59.9 Å². The molecule has 3 fully saturated rings. The third kappa shape index (κ3) is 7.61. The van der Waals surface area contributed by atoms with Crippen molar-refractivity contribution in [2.24, 2.45) is 0 Å². The number of pyridine rings is 1. The molecule has 0 radical (unpaired) electrons. The van der Waals surface area contributed by atoms with Crippen LogP contribution in [0.3, 0.4) is 0 Å². The molecule has 44 heavy (non-hydrogen) atoms. The number of sulfonamides is 1. The van der Waals surface area contributed by atoms with Gasteiger partial charge in [-0.15, -0.1) is 0 Å². The molecule has 13 heteroatoms. The Kier molecular flexibility index (Phi) is 10.3. The molecule has 4 heterocycles. The summed E-state index contributed by atoms with van der Waals surface area (Å²) >= 11 is 0. The summed E-state index contributed by atoms with van der Waals surface area (Å²) in [6.45, 7) is 6.54. The number of rotatable bonds is 9. The van der Waals surface area contributed by atoms with Crippen LogP contribution in [0, 0.1) is 0 Å². The molecule has 1 unspecified atom stereocenters. The number of piperazine rings is 1. The van der Waals surface area contributed by atoms with E-state index >= 15 is 0 Å². The number of piperidine rings is 2. The van der Waals surface area contributed by atoms with Gasteiger partial charge in [0.25, 0.3) is 0 Å². The molecule has 0 aliphatic carbocycles. The van der Waals surface area contributed by atoms with Gasteiger partial charge in [0, 0.05) is 82.8 Å². The molecule has 1 atom stereocenters. The van der Waals surface area contributed by atoms with Gasteiger partial charge in [-0.05, 0) is 57.0 Å². The Labute approximate surface area is 258 Å². The Morgan fingerprint density at radius 2 is 1.77 bits per heavy atom. The second-order valence-corrected chi connectivity index (χ2v) is 14.0. The number of carbonyl (C=O) groups excluding carboxylic acids is 1. The molecule has 242 valence electrons. The number of ether oxygens (including phenoxy) is 1. The average Bonchev–Trinajstić information content (AvgIpc) is 3.02. The van der Waals surface area contributed by atoms with E-state index in [1.54, 1.807) is 11.1 Å². The zero-order valence-electron chi connectivity index (χ0n) is 25.2. The fourth-order valence-corrected chi connectivity index (χ4v) is 8.24. The van der Waals surface area contributed by atoms with Crippen molar-refractivity contribution in [2.45, 2.75) is 61.2 Å². The van der Waals surface area contributed by atoms with Crippen molar-refractivity contribution in [3.63, 3.8) is 0 Å². The number of hydrogen-bond acceptors (Lipinski definition) is 7. The van der Waals surface area contributed by atoms with E-state index in [1.165, 1.54) is 10.4 Å². The standard InChI is InChI=1S/C31H42F3N5O4S/c1-36-16-18-37(19-17-36)20-21-43-30(26-7-5-12-35-24-26)10-14-38(15-11-30)29(40)23-27-8-2-3-13-39(27)44(41,42)28-9-4-6-25(22-28)31(32,33)34/h4-7,9,12,22,24,27H,2-3,8,10-11,13-21,23H2,1H3. The largest absolute Gasteiger partial charge is 0.416 e. The lowest BCUT2D eigenvalue weighted by molar-refractivity contribution is -0.141. The topological polar surface area (TPSA) is 86.3 Å². The molecule has 5 rings (SSSR count). The van der Waals surface area contributed by atoms with Crippen LogP contribution in [0.25, 0.3) is 0 Å². The van der Waals surface area contributed by atoms with E-state index in [-0.39, 0.29) is 18.9 Å². The number of nitrogens with zero attached hydrogens (tertiary/aromatic N) is 5. The van der Waals surface area contributed by atoms with Crippen molar-refractivity contribution in [1.82, 2.24) is 24.0 Å². The maximum absolute atomic E-state index is 13.5. The lowest BCUT2D eigenvalue weighted by atomic mass is 9.84. The Morgan fingerprint density at radius 1 is 1.02 bits per heavy atom. The summed E-state index contributed by atoms with van der Waals surface area (Å²) in [6.07, 6.45) is 1.87. The number of amides is 1. The molecule has 0 spiro atoms. The van der Waals surface area contributed by atoms with Gasteiger partial charge in [0.05, 0.1) is 22.7 Å². The molecule has 2 aromatic rings. The lowest BCUT2D eigenvalue weighted by Crippen LogP contribution is -2.50. The monoisotopic (exact) mass is 637 g/mol. The summed E-state index contributed by atoms with van der Waals surface area (Å²) in [5, 5.41) is 0. The number of hydrogen-bond donors (Lipinski definition) is 0. The minimum absolute atomic E-state index is 0.0116. The van der Waals surface area contributed by atoms with Crippen LogP contribution in [0.4, 0.5) is 13.2 Å². The molecular weight excluding hydrogens is 595 g/mol. The summed E-state index contributed by atoms with van der Waals surface area (Å²) in [7, 11) is -2.09. The van der Waals surface area contributed by atoms with E-state index in [0.29, 0.717) is 51.4 Å². The zero-order chi connectivity index (χ0) is 31.4. The molecular formula is C31H42F3N5O4S. The van der Waals surface area contributed by atoms with Crippen LogP contribution >= 0.6 is 0 Å². The van der Waals surface area contributed by atoms with Gasteiger partial charge in [-0.2, -0.15) is 17.5 Å². The number of benzene rings is 1. The average molecular weight is 638 g/mol.